The smallest absolute Gasteiger partial charge is 0.0759 e. The predicted octanol–water partition coefficient (Wildman–Crippen LogP) is 3.20. The first-order valence-corrected chi connectivity index (χ1v) is 8.03. The second-order valence-electron chi connectivity index (χ2n) is 5.78. The van der Waals surface area contributed by atoms with E-state index in [2.05, 4.69) is 30.3 Å². The minimum Gasteiger partial charge on any atom is -0.377 e. The van der Waals surface area contributed by atoms with Gasteiger partial charge in [0.2, 0.25) is 0 Å². The van der Waals surface area contributed by atoms with Gasteiger partial charge in [-0.25, -0.2) is 0 Å². The molecule has 1 heterocycles. The SMILES string of the molecule is CCOC(C1CCCCC1)C(Cc1cccnc1)NC. The molecule has 1 aliphatic rings. The molecule has 1 fully saturated rings. The first-order valence-electron chi connectivity index (χ1n) is 8.03. The van der Waals surface area contributed by atoms with Crippen LogP contribution in [0, 0.1) is 5.92 Å². The molecule has 0 spiro atoms. The van der Waals surface area contributed by atoms with Gasteiger partial charge >= 0.3 is 0 Å². The van der Waals surface area contributed by atoms with E-state index >= 15 is 0 Å². The Morgan fingerprint density at radius 1 is 1.35 bits per heavy atom. The summed E-state index contributed by atoms with van der Waals surface area (Å²) in [5.74, 6) is 0.706. The summed E-state index contributed by atoms with van der Waals surface area (Å²) in [6, 6.07) is 4.54. The van der Waals surface area contributed by atoms with Gasteiger partial charge in [0.15, 0.2) is 0 Å². The molecule has 0 radical (unpaired) electrons. The number of rotatable bonds is 7. The van der Waals surface area contributed by atoms with E-state index in [4.69, 9.17) is 4.74 Å². The standard InChI is InChI=1S/C17H28N2O/c1-3-20-17(15-9-5-4-6-10-15)16(18-2)12-14-8-7-11-19-13-14/h7-8,11,13,15-18H,3-6,9-10,12H2,1-2H3. The van der Waals surface area contributed by atoms with Crippen molar-refractivity contribution in [2.24, 2.45) is 5.92 Å². The highest BCUT2D eigenvalue weighted by atomic mass is 16.5. The highest BCUT2D eigenvalue weighted by molar-refractivity contribution is 5.11. The Labute approximate surface area is 123 Å². The molecular formula is C17H28N2O. The maximum absolute atomic E-state index is 6.12. The zero-order valence-electron chi connectivity index (χ0n) is 12.8. The van der Waals surface area contributed by atoms with Crippen molar-refractivity contribution in [2.45, 2.75) is 57.6 Å². The summed E-state index contributed by atoms with van der Waals surface area (Å²) < 4.78 is 6.12. The van der Waals surface area contributed by atoms with Crippen molar-refractivity contribution in [2.75, 3.05) is 13.7 Å². The van der Waals surface area contributed by atoms with Gasteiger partial charge in [-0.2, -0.15) is 0 Å². The lowest BCUT2D eigenvalue weighted by Gasteiger charge is -2.35. The summed E-state index contributed by atoms with van der Waals surface area (Å²) in [5.41, 5.74) is 1.28. The molecule has 0 bridgehead atoms. The number of ether oxygens (including phenoxy) is 1. The topological polar surface area (TPSA) is 34.1 Å². The van der Waals surface area contributed by atoms with Crippen LogP contribution in [0.3, 0.4) is 0 Å². The Bertz CT molecular complexity index is 363. The summed E-state index contributed by atoms with van der Waals surface area (Å²) >= 11 is 0. The van der Waals surface area contributed by atoms with Crippen LogP contribution in [0.15, 0.2) is 24.5 Å². The van der Waals surface area contributed by atoms with Gasteiger partial charge in [0.05, 0.1) is 6.10 Å². The molecule has 0 saturated heterocycles. The van der Waals surface area contributed by atoms with Crippen LogP contribution in [0.1, 0.15) is 44.6 Å². The fourth-order valence-electron chi connectivity index (χ4n) is 3.39. The normalized spacial score (nSPS) is 19.7. The Morgan fingerprint density at radius 2 is 2.15 bits per heavy atom. The van der Waals surface area contributed by atoms with Crippen LogP contribution >= 0.6 is 0 Å². The summed E-state index contributed by atoms with van der Waals surface area (Å²) in [4.78, 5) is 4.22. The lowest BCUT2D eigenvalue weighted by Crippen LogP contribution is -2.46. The van der Waals surface area contributed by atoms with Crippen LogP contribution in [-0.2, 0) is 11.2 Å². The van der Waals surface area contributed by atoms with E-state index in [-0.39, 0.29) is 0 Å². The van der Waals surface area contributed by atoms with Crippen LogP contribution in [0.5, 0.6) is 0 Å². The molecule has 1 aliphatic carbocycles. The van der Waals surface area contributed by atoms with Crippen molar-refractivity contribution in [1.82, 2.24) is 10.3 Å². The average molecular weight is 276 g/mol. The van der Waals surface area contributed by atoms with Crippen molar-refractivity contribution in [1.29, 1.82) is 0 Å². The quantitative estimate of drug-likeness (QED) is 0.830. The molecule has 2 rings (SSSR count). The Balaban J connectivity index is 2.03. The Kier molecular flexibility index (Phi) is 6.48. The highest BCUT2D eigenvalue weighted by Crippen LogP contribution is 2.30. The molecule has 0 amide bonds. The second-order valence-corrected chi connectivity index (χ2v) is 5.78. The monoisotopic (exact) mass is 276 g/mol. The molecule has 1 aromatic heterocycles. The van der Waals surface area contributed by atoms with E-state index in [1.165, 1.54) is 37.7 Å². The minimum atomic E-state index is 0.325. The summed E-state index contributed by atoms with van der Waals surface area (Å²) in [6.45, 7) is 2.90. The zero-order chi connectivity index (χ0) is 14.2. The second kappa shape index (κ2) is 8.38. The fourth-order valence-corrected chi connectivity index (χ4v) is 3.39. The molecule has 1 aromatic rings. The van der Waals surface area contributed by atoms with Crippen molar-refractivity contribution >= 4 is 0 Å². The number of aromatic nitrogens is 1. The van der Waals surface area contributed by atoms with Crippen LogP contribution in [-0.4, -0.2) is 30.8 Å². The first-order chi connectivity index (χ1) is 9.85. The lowest BCUT2D eigenvalue weighted by molar-refractivity contribution is -0.0159. The Hall–Kier alpha value is -0.930. The number of pyridine rings is 1. The fraction of sp³-hybridized carbons (Fsp3) is 0.706. The van der Waals surface area contributed by atoms with Gasteiger partial charge in [-0.3, -0.25) is 4.98 Å². The molecule has 112 valence electrons. The van der Waals surface area contributed by atoms with E-state index in [9.17, 15) is 0 Å². The summed E-state index contributed by atoms with van der Waals surface area (Å²) in [5, 5.41) is 3.48. The number of nitrogens with one attached hydrogen (secondary N) is 1. The maximum Gasteiger partial charge on any atom is 0.0759 e. The van der Waals surface area contributed by atoms with Crippen LogP contribution in [0.25, 0.3) is 0 Å². The minimum absolute atomic E-state index is 0.325. The van der Waals surface area contributed by atoms with E-state index in [1.54, 1.807) is 0 Å². The van der Waals surface area contributed by atoms with Gasteiger partial charge in [0.1, 0.15) is 0 Å². The van der Waals surface area contributed by atoms with Crippen molar-refractivity contribution in [3.05, 3.63) is 30.1 Å². The molecule has 2 unspecified atom stereocenters. The summed E-state index contributed by atoms with van der Waals surface area (Å²) in [7, 11) is 2.05. The van der Waals surface area contributed by atoms with E-state index in [0.717, 1.165) is 13.0 Å². The molecule has 0 aromatic carbocycles. The van der Waals surface area contributed by atoms with Crippen molar-refractivity contribution in [3.8, 4) is 0 Å². The van der Waals surface area contributed by atoms with Crippen LogP contribution in [0.4, 0.5) is 0 Å². The Morgan fingerprint density at radius 3 is 2.75 bits per heavy atom. The molecule has 2 atom stereocenters. The third-order valence-corrected chi connectivity index (χ3v) is 4.42. The summed E-state index contributed by atoms with van der Waals surface area (Å²) in [6.07, 6.45) is 11.9. The molecule has 3 heteroatoms. The number of nitrogens with zero attached hydrogens (tertiary/aromatic N) is 1. The number of hydrogen-bond acceptors (Lipinski definition) is 3. The highest BCUT2D eigenvalue weighted by Gasteiger charge is 2.30. The van der Waals surface area contributed by atoms with Gasteiger partial charge in [-0.1, -0.05) is 25.3 Å². The molecule has 20 heavy (non-hydrogen) atoms. The van der Waals surface area contributed by atoms with Crippen LogP contribution < -0.4 is 5.32 Å². The number of hydrogen-bond donors (Lipinski definition) is 1. The molecule has 3 nitrogen and oxygen atoms in total. The van der Waals surface area contributed by atoms with E-state index in [1.807, 2.05) is 18.5 Å². The van der Waals surface area contributed by atoms with Gasteiger partial charge in [-0.15, -0.1) is 0 Å². The third kappa shape index (κ3) is 4.29. The van der Waals surface area contributed by atoms with Gasteiger partial charge in [0, 0.05) is 25.0 Å². The third-order valence-electron chi connectivity index (χ3n) is 4.42. The van der Waals surface area contributed by atoms with Crippen molar-refractivity contribution in [3.63, 3.8) is 0 Å². The maximum atomic E-state index is 6.12. The molecule has 1 saturated carbocycles. The molecule has 0 aliphatic heterocycles. The van der Waals surface area contributed by atoms with Gasteiger partial charge < -0.3 is 10.1 Å². The van der Waals surface area contributed by atoms with Gasteiger partial charge in [-0.05, 0) is 50.8 Å². The van der Waals surface area contributed by atoms with Gasteiger partial charge in [0.25, 0.3) is 0 Å². The van der Waals surface area contributed by atoms with E-state index in [0.29, 0.717) is 18.1 Å². The van der Waals surface area contributed by atoms with E-state index < -0.39 is 0 Å². The molecular weight excluding hydrogens is 248 g/mol. The van der Waals surface area contributed by atoms with Crippen molar-refractivity contribution < 1.29 is 4.74 Å². The molecule has 1 N–H and O–H groups in total. The van der Waals surface area contributed by atoms with Crippen LogP contribution in [0.2, 0.25) is 0 Å². The largest absolute Gasteiger partial charge is 0.377 e. The lowest BCUT2D eigenvalue weighted by atomic mass is 9.81. The average Bonchev–Trinajstić information content (AvgIpc) is 2.52. The predicted molar refractivity (Wildman–Crippen MR) is 82.8 cm³/mol. The number of likely N-dealkylation sites (N-methyl/N-ethyl adjacent to an activating group) is 1. The first kappa shape index (κ1) is 15.5. The zero-order valence-corrected chi connectivity index (χ0v) is 12.8.